The Labute approximate surface area is 109 Å². The highest BCUT2D eigenvalue weighted by Gasteiger charge is 2.20. The lowest BCUT2D eigenvalue weighted by molar-refractivity contribution is 0.411. The highest BCUT2D eigenvalue weighted by atomic mass is 32.2. The Morgan fingerprint density at radius 3 is 2.39 bits per heavy atom. The average Bonchev–Trinajstić information content (AvgIpc) is 2.30. The van der Waals surface area contributed by atoms with Crippen molar-refractivity contribution < 1.29 is 13.2 Å². The molecule has 1 rings (SSSR count). The van der Waals surface area contributed by atoms with Crippen LogP contribution in [0.5, 0.6) is 5.75 Å². The van der Waals surface area contributed by atoms with Gasteiger partial charge in [-0.2, -0.15) is 0 Å². The zero-order valence-corrected chi connectivity index (χ0v) is 12.4. The Balaban J connectivity index is 3.21. The second-order valence-corrected chi connectivity index (χ2v) is 6.20. The highest BCUT2D eigenvalue weighted by Crippen LogP contribution is 2.25. The van der Waals surface area contributed by atoms with Gasteiger partial charge < -0.3 is 4.74 Å². The van der Waals surface area contributed by atoms with Crippen LogP contribution in [0.3, 0.4) is 0 Å². The molecule has 1 unspecified atom stereocenters. The molecular formula is C13H21NO3S. The molecule has 18 heavy (non-hydrogen) atoms. The fourth-order valence-electron chi connectivity index (χ4n) is 1.68. The van der Waals surface area contributed by atoms with Crippen molar-refractivity contribution in [3.05, 3.63) is 23.3 Å². The molecule has 0 aromatic heterocycles. The van der Waals surface area contributed by atoms with Gasteiger partial charge in [-0.1, -0.05) is 6.92 Å². The SMILES string of the molecule is CCC(C)NS(=O)(=O)c1cc(C)c(OC)cc1C. The lowest BCUT2D eigenvalue weighted by atomic mass is 10.1. The molecule has 4 nitrogen and oxygen atoms in total. The van der Waals surface area contributed by atoms with E-state index in [2.05, 4.69) is 4.72 Å². The maximum absolute atomic E-state index is 12.2. The Morgan fingerprint density at radius 2 is 1.89 bits per heavy atom. The first-order chi connectivity index (χ1) is 8.31. The molecule has 0 aliphatic rings. The molecule has 0 bridgehead atoms. The first-order valence-electron chi connectivity index (χ1n) is 5.99. The van der Waals surface area contributed by atoms with Crippen LogP contribution in [0, 0.1) is 13.8 Å². The van der Waals surface area contributed by atoms with Gasteiger partial charge in [0.25, 0.3) is 0 Å². The van der Waals surface area contributed by atoms with Gasteiger partial charge in [-0.15, -0.1) is 0 Å². The second-order valence-electron chi connectivity index (χ2n) is 4.52. The molecule has 0 fully saturated rings. The van der Waals surface area contributed by atoms with Crippen LogP contribution in [-0.2, 0) is 10.0 Å². The highest BCUT2D eigenvalue weighted by molar-refractivity contribution is 7.89. The summed E-state index contributed by atoms with van der Waals surface area (Å²) in [5.74, 6) is 0.704. The Morgan fingerprint density at radius 1 is 1.28 bits per heavy atom. The third kappa shape index (κ3) is 3.23. The van der Waals surface area contributed by atoms with Crippen molar-refractivity contribution in [2.45, 2.75) is 45.1 Å². The van der Waals surface area contributed by atoms with Crippen LogP contribution in [-0.4, -0.2) is 21.6 Å². The molecule has 0 saturated carbocycles. The minimum absolute atomic E-state index is 0.0724. The van der Waals surface area contributed by atoms with E-state index in [-0.39, 0.29) is 6.04 Å². The molecular weight excluding hydrogens is 250 g/mol. The van der Waals surface area contributed by atoms with Crippen molar-refractivity contribution in [3.63, 3.8) is 0 Å². The normalized spacial score (nSPS) is 13.4. The molecule has 0 saturated heterocycles. The standard InChI is InChI=1S/C13H21NO3S/c1-6-11(4)14-18(15,16)13-8-9(2)12(17-5)7-10(13)3/h7-8,11,14H,6H2,1-5H3. The predicted octanol–water partition coefficient (Wildman–Crippen LogP) is 2.39. The smallest absolute Gasteiger partial charge is 0.241 e. The van der Waals surface area contributed by atoms with E-state index >= 15 is 0 Å². The van der Waals surface area contributed by atoms with E-state index < -0.39 is 10.0 Å². The third-order valence-electron chi connectivity index (χ3n) is 2.95. The summed E-state index contributed by atoms with van der Waals surface area (Å²) in [5.41, 5.74) is 1.50. The number of benzene rings is 1. The number of rotatable bonds is 5. The second kappa shape index (κ2) is 5.71. The summed E-state index contributed by atoms with van der Waals surface area (Å²) < 4.78 is 32.3. The lowest BCUT2D eigenvalue weighted by Crippen LogP contribution is -2.32. The van der Waals surface area contributed by atoms with Gasteiger partial charge in [-0.05, 0) is 50.5 Å². The van der Waals surface area contributed by atoms with Crippen LogP contribution < -0.4 is 9.46 Å². The predicted molar refractivity (Wildman–Crippen MR) is 72.5 cm³/mol. The Bertz CT molecular complexity index is 523. The van der Waals surface area contributed by atoms with Crippen LogP contribution in [0.25, 0.3) is 0 Å². The number of methoxy groups -OCH3 is 1. The van der Waals surface area contributed by atoms with Gasteiger partial charge in [0.05, 0.1) is 12.0 Å². The van der Waals surface area contributed by atoms with Gasteiger partial charge in [-0.25, -0.2) is 13.1 Å². The number of aryl methyl sites for hydroxylation is 2. The summed E-state index contributed by atoms with van der Waals surface area (Å²) >= 11 is 0. The number of hydrogen-bond acceptors (Lipinski definition) is 3. The molecule has 5 heteroatoms. The Kier molecular flexibility index (Phi) is 4.76. The quantitative estimate of drug-likeness (QED) is 0.894. The molecule has 1 atom stereocenters. The van der Waals surface area contributed by atoms with Gasteiger partial charge >= 0.3 is 0 Å². The van der Waals surface area contributed by atoms with Crippen LogP contribution in [0.15, 0.2) is 17.0 Å². The van der Waals surface area contributed by atoms with Gasteiger partial charge in [-0.3, -0.25) is 0 Å². The first-order valence-corrected chi connectivity index (χ1v) is 7.47. The van der Waals surface area contributed by atoms with Crippen LogP contribution >= 0.6 is 0 Å². The zero-order chi connectivity index (χ0) is 13.9. The minimum Gasteiger partial charge on any atom is -0.496 e. The maximum atomic E-state index is 12.2. The van der Waals surface area contributed by atoms with Gasteiger partial charge in [0.15, 0.2) is 0 Å². The molecule has 0 aliphatic heterocycles. The summed E-state index contributed by atoms with van der Waals surface area (Å²) in [6.07, 6.45) is 0.757. The third-order valence-corrected chi connectivity index (χ3v) is 4.68. The fraction of sp³-hybridized carbons (Fsp3) is 0.538. The van der Waals surface area contributed by atoms with Gasteiger partial charge in [0.2, 0.25) is 10.0 Å². The monoisotopic (exact) mass is 271 g/mol. The summed E-state index contributed by atoms with van der Waals surface area (Å²) in [6, 6.07) is 3.33. The van der Waals surface area contributed by atoms with Crippen molar-refractivity contribution in [2.24, 2.45) is 0 Å². The first kappa shape index (κ1) is 15.0. The van der Waals surface area contributed by atoms with Crippen molar-refractivity contribution in [1.82, 2.24) is 4.72 Å². The molecule has 0 heterocycles. The number of hydrogen-bond donors (Lipinski definition) is 1. The zero-order valence-electron chi connectivity index (χ0n) is 11.6. The minimum atomic E-state index is -3.46. The molecule has 0 amide bonds. The molecule has 102 valence electrons. The van der Waals surface area contributed by atoms with Crippen molar-refractivity contribution in [3.8, 4) is 5.75 Å². The molecule has 1 aromatic carbocycles. The summed E-state index contributed by atoms with van der Waals surface area (Å²) in [5, 5.41) is 0. The largest absolute Gasteiger partial charge is 0.496 e. The van der Waals surface area contributed by atoms with E-state index in [0.717, 1.165) is 12.0 Å². The average molecular weight is 271 g/mol. The van der Waals surface area contributed by atoms with Crippen LogP contribution in [0.4, 0.5) is 0 Å². The van der Waals surface area contributed by atoms with Crippen LogP contribution in [0.1, 0.15) is 31.4 Å². The van der Waals surface area contributed by atoms with Gasteiger partial charge in [0, 0.05) is 6.04 Å². The number of sulfonamides is 1. The van der Waals surface area contributed by atoms with Gasteiger partial charge in [0.1, 0.15) is 5.75 Å². The summed E-state index contributed by atoms with van der Waals surface area (Å²) in [7, 11) is -1.88. The topological polar surface area (TPSA) is 55.4 Å². The number of ether oxygens (including phenoxy) is 1. The van der Waals surface area contributed by atoms with E-state index in [4.69, 9.17) is 4.74 Å². The van der Waals surface area contributed by atoms with E-state index in [1.165, 1.54) is 0 Å². The Hall–Kier alpha value is -1.07. The van der Waals surface area contributed by atoms with E-state index in [0.29, 0.717) is 16.2 Å². The molecule has 0 radical (unpaired) electrons. The van der Waals surface area contributed by atoms with E-state index in [1.807, 2.05) is 20.8 Å². The van der Waals surface area contributed by atoms with Crippen molar-refractivity contribution in [1.29, 1.82) is 0 Å². The van der Waals surface area contributed by atoms with Crippen molar-refractivity contribution in [2.75, 3.05) is 7.11 Å². The van der Waals surface area contributed by atoms with E-state index in [1.54, 1.807) is 26.2 Å². The molecule has 1 N–H and O–H groups in total. The maximum Gasteiger partial charge on any atom is 0.241 e. The summed E-state index contributed by atoms with van der Waals surface area (Å²) in [4.78, 5) is 0.320. The molecule has 1 aromatic rings. The molecule has 0 spiro atoms. The van der Waals surface area contributed by atoms with E-state index in [9.17, 15) is 8.42 Å². The fourth-order valence-corrected chi connectivity index (χ4v) is 3.32. The summed E-state index contributed by atoms with van der Waals surface area (Å²) in [6.45, 7) is 7.40. The molecule has 0 aliphatic carbocycles. The lowest BCUT2D eigenvalue weighted by Gasteiger charge is -2.15. The number of nitrogens with one attached hydrogen (secondary N) is 1. The van der Waals surface area contributed by atoms with Crippen LogP contribution in [0.2, 0.25) is 0 Å². The van der Waals surface area contributed by atoms with Crippen molar-refractivity contribution >= 4 is 10.0 Å².